The predicted molar refractivity (Wildman–Crippen MR) is 66.8 cm³/mol. The number of nitriles is 1. The van der Waals surface area contributed by atoms with E-state index in [-0.39, 0.29) is 5.92 Å². The third kappa shape index (κ3) is 3.30. The van der Waals surface area contributed by atoms with Crippen LogP contribution in [0, 0.1) is 11.3 Å². The Balaban J connectivity index is 2.81. The van der Waals surface area contributed by atoms with Gasteiger partial charge in [-0.1, -0.05) is 19.0 Å². The third-order valence-corrected chi connectivity index (χ3v) is 3.16. The monoisotopic (exact) mass is 251 g/mol. The summed E-state index contributed by atoms with van der Waals surface area (Å²) >= 11 is 0. The van der Waals surface area contributed by atoms with Crippen LogP contribution in [0.25, 0.3) is 0 Å². The van der Waals surface area contributed by atoms with Crippen LogP contribution in [0.3, 0.4) is 0 Å². The Morgan fingerprint density at radius 1 is 1.50 bits per heavy atom. The van der Waals surface area contributed by atoms with Crippen LogP contribution in [0.2, 0.25) is 0 Å². The summed E-state index contributed by atoms with van der Waals surface area (Å²) in [5, 5.41) is 12.6. The zero-order chi connectivity index (χ0) is 13.6. The maximum atomic E-state index is 8.57. The Morgan fingerprint density at radius 3 is 2.78 bits per heavy atom. The molecule has 0 aliphatic heterocycles. The molecule has 18 heavy (non-hydrogen) atoms. The molecule has 0 saturated carbocycles. The van der Waals surface area contributed by atoms with E-state index in [0.29, 0.717) is 24.7 Å². The molecule has 0 bridgehead atoms. The van der Waals surface area contributed by atoms with Crippen molar-refractivity contribution in [1.29, 1.82) is 5.26 Å². The van der Waals surface area contributed by atoms with Crippen molar-refractivity contribution in [3.63, 3.8) is 0 Å². The summed E-state index contributed by atoms with van der Waals surface area (Å²) in [7, 11) is 0. The van der Waals surface area contributed by atoms with E-state index in [1.807, 2.05) is 27.7 Å². The second kappa shape index (κ2) is 6.50. The highest BCUT2D eigenvalue weighted by molar-refractivity contribution is 5.01. The van der Waals surface area contributed by atoms with Crippen LogP contribution in [0.15, 0.2) is 4.52 Å². The van der Waals surface area contributed by atoms with E-state index in [4.69, 9.17) is 14.5 Å². The Hall–Kier alpha value is -1.41. The maximum Gasteiger partial charge on any atom is 0.229 e. The number of hydrogen-bond donors (Lipinski definition) is 0. The van der Waals surface area contributed by atoms with Crippen molar-refractivity contribution in [3.8, 4) is 6.07 Å². The van der Waals surface area contributed by atoms with Gasteiger partial charge in [-0.25, -0.2) is 0 Å². The Bertz CT molecular complexity index is 411. The molecule has 0 spiro atoms. The number of rotatable bonds is 7. The zero-order valence-electron chi connectivity index (χ0n) is 11.6. The molecule has 0 fully saturated rings. The molecular formula is C13H21N3O2. The summed E-state index contributed by atoms with van der Waals surface area (Å²) in [5.41, 5.74) is -0.495. The second-order valence-electron chi connectivity index (χ2n) is 4.57. The second-order valence-corrected chi connectivity index (χ2v) is 4.57. The van der Waals surface area contributed by atoms with E-state index in [1.165, 1.54) is 0 Å². The first-order valence-corrected chi connectivity index (χ1v) is 6.42. The Morgan fingerprint density at radius 2 is 2.22 bits per heavy atom. The van der Waals surface area contributed by atoms with Gasteiger partial charge in [0.05, 0.1) is 6.07 Å². The van der Waals surface area contributed by atoms with Crippen LogP contribution >= 0.6 is 0 Å². The molecule has 0 aromatic carbocycles. The first kappa shape index (κ1) is 14.7. The lowest BCUT2D eigenvalue weighted by Crippen LogP contribution is -2.26. The lowest BCUT2D eigenvalue weighted by atomic mass is 10.0. The molecule has 2 unspecified atom stereocenters. The van der Waals surface area contributed by atoms with Crippen LogP contribution in [-0.2, 0) is 10.3 Å². The van der Waals surface area contributed by atoms with Gasteiger partial charge >= 0.3 is 0 Å². The summed E-state index contributed by atoms with van der Waals surface area (Å²) in [6.45, 7) is 8.54. The van der Waals surface area contributed by atoms with Gasteiger partial charge in [-0.15, -0.1) is 0 Å². The van der Waals surface area contributed by atoms with Crippen molar-refractivity contribution in [2.24, 2.45) is 0 Å². The molecule has 5 heteroatoms. The molecule has 5 nitrogen and oxygen atoms in total. The van der Waals surface area contributed by atoms with Crippen LogP contribution in [0.5, 0.6) is 0 Å². The lowest BCUT2D eigenvalue weighted by molar-refractivity contribution is -0.0403. The summed E-state index contributed by atoms with van der Waals surface area (Å²) in [6, 6.07) is 2.12. The number of aromatic nitrogens is 2. The molecule has 0 N–H and O–H groups in total. The van der Waals surface area contributed by atoms with Gasteiger partial charge in [0.1, 0.15) is 5.60 Å². The van der Waals surface area contributed by atoms with Crippen LogP contribution in [0.1, 0.15) is 64.6 Å². The van der Waals surface area contributed by atoms with Crippen molar-refractivity contribution < 1.29 is 9.26 Å². The minimum Gasteiger partial charge on any atom is -0.367 e. The van der Waals surface area contributed by atoms with Gasteiger partial charge < -0.3 is 9.26 Å². The first-order valence-electron chi connectivity index (χ1n) is 6.42. The quantitative estimate of drug-likeness (QED) is 0.744. The van der Waals surface area contributed by atoms with Crippen molar-refractivity contribution in [3.05, 3.63) is 11.7 Å². The fourth-order valence-corrected chi connectivity index (χ4v) is 1.70. The molecule has 2 atom stereocenters. The lowest BCUT2D eigenvalue weighted by Gasteiger charge is -2.23. The largest absolute Gasteiger partial charge is 0.367 e. The van der Waals surface area contributed by atoms with E-state index >= 15 is 0 Å². The molecule has 1 heterocycles. The van der Waals surface area contributed by atoms with Crippen molar-refractivity contribution >= 4 is 0 Å². The molecule has 0 amide bonds. The van der Waals surface area contributed by atoms with Crippen LogP contribution in [-0.4, -0.2) is 16.7 Å². The minimum absolute atomic E-state index is 0.105. The van der Waals surface area contributed by atoms with Gasteiger partial charge in [0, 0.05) is 18.9 Å². The number of ether oxygens (including phenoxy) is 1. The molecule has 0 aliphatic rings. The fourth-order valence-electron chi connectivity index (χ4n) is 1.70. The average molecular weight is 251 g/mol. The molecule has 0 aliphatic carbocycles. The molecular weight excluding hydrogens is 230 g/mol. The highest BCUT2D eigenvalue weighted by Gasteiger charge is 2.31. The van der Waals surface area contributed by atoms with Gasteiger partial charge in [0.25, 0.3) is 0 Å². The molecule has 0 radical (unpaired) electrons. The van der Waals surface area contributed by atoms with Gasteiger partial charge in [-0.05, 0) is 26.7 Å². The Kier molecular flexibility index (Phi) is 5.29. The van der Waals surface area contributed by atoms with E-state index in [2.05, 4.69) is 16.2 Å². The normalized spacial score (nSPS) is 15.9. The van der Waals surface area contributed by atoms with Gasteiger partial charge in [0.2, 0.25) is 11.7 Å². The highest BCUT2D eigenvalue weighted by Crippen LogP contribution is 2.28. The zero-order valence-corrected chi connectivity index (χ0v) is 11.6. The smallest absolute Gasteiger partial charge is 0.229 e. The van der Waals surface area contributed by atoms with E-state index < -0.39 is 5.60 Å². The predicted octanol–water partition coefficient (Wildman–Crippen LogP) is 3.14. The average Bonchev–Trinajstić information content (AvgIpc) is 2.86. The fraction of sp³-hybridized carbons (Fsp3) is 0.769. The number of hydrogen-bond acceptors (Lipinski definition) is 5. The van der Waals surface area contributed by atoms with Gasteiger partial charge in [0.15, 0.2) is 0 Å². The summed E-state index contributed by atoms with van der Waals surface area (Å²) in [4.78, 5) is 4.41. The SMILES string of the molecule is CCOC(C)(CC)c1noc(C(C)CCC#N)n1. The van der Waals surface area contributed by atoms with E-state index in [0.717, 1.165) is 12.8 Å². The first-order chi connectivity index (χ1) is 8.57. The highest BCUT2D eigenvalue weighted by atomic mass is 16.5. The Labute approximate surface area is 108 Å². The molecule has 1 rings (SSSR count). The minimum atomic E-state index is -0.495. The molecule has 1 aromatic rings. The number of nitrogens with zero attached hydrogens (tertiary/aromatic N) is 3. The van der Waals surface area contributed by atoms with Crippen molar-refractivity contribution in [2.45, 2.75) is 58.5 Å². The molecule has 0 saturated heterocycles. The molecule has 100 valence electrons. The summed E-state index contributed by atoms with van der Waals surface area (Å²) < 4.78 is 11.0. The topological polar surface area (TPSA) is 71.9 Å². The van der Waals surface area contributed by atoms with E-state index in [1.54, 1.807) is 0 Å². The standard InChI is InChI=1S/C13H21N3O2/c1-5-13(4,17-6-2)12-15-11(18-16-12)10(3)8-7-9-14/h10H,5-8H2,1-4H3. The third-order valence-electron chi connectivity index (χ3n) is 3.16. The maximum absolute atomic E-state index is 8.57. The van der Waals surface area contributed by atoms with Gasteiger partial charge in [-0.3, -0.25) is 0 Å². The van der Waals surface area contributed by atoms with Crippen LogP contribution < -0.4 is 0 Å². The summed E-state index contributed by atoms with van der Waals surface area (Å²) in [6.07, 6.45) is 2.01. The van der Waals surface area contributed by atoms with Crippen molar-refractivity contribution in [2.75, 3.05) is 6.61 Å². The van der Waals surface area contributed by atoms with Gasteiger partial charge in [-0.2, -0.15) is 10.2 Å². The van der Waals surface area contributed by atoms with E-state index in [9.17, 15) is 0 Å². The summed E-state index contributed by atoms with van der Waals surface area (Å²) in [5.74, 6) is 1.28. The van der Waals surface area contributed by atoms with Crippen molar-refractivity contribution in [1.82, 2.24) is 10.1 Å². The molecule has 1 aromatic heterocycles. The van der Waals surface area contributed by atoms with Crippen LogP contribution in [0.4, 0.5) is 0 Å².